The van der Waals surface area contributed by atoms with Crippen LogP contribution < -0.4 is 10.9 Å². The Morgan fingerprint density at radius 3 is 2.84 bits per heavy atom. The first-order valence-corrected chi connectivity index (χ1v) is 11.7. The number of nitrogens with two attached hydrogens (primary N) is 1. The van der Waals surface area contributed by atoms with Crippen LogP contribution in [0, 0.1) is 5.92 Å². The van der Waals surface area contributed by atoms with Crippen LogP contribution >= 0.6 is 0 Å². The Bertz CT molecular complexity index is 1330. The first kappa shape index (κ1) is 25.6. The zero-order valence-electron chi connectivity index (χ0n) is 20.1. The van der Waals surface area contributed by atoms with Gasteiger partial charge in [-0.25, -0.2) is 10.9 Å². The van der Waals surface area contributed by atoms with Gasteiger partial charge in [-0.15, -0.1) is 0 Å². The van der Waals surface area contributed by atoms with Gasteiger partial charge in [-0.2, -0.15) is 5.10 Å². The molecule has 0 spiro atoms. The minimum absolute atomic E-state index is 0.0764. The van der Waals surface area contributed by atoms with E-state index in [1.807, 2.05) is 12.1 Å². The molecule has 1 atom stereocenters. The highest BCUT2D eigenvalue weighted by atomic mass is 16.4. The number of benzene rings is 1. The average molecular weight is 502 g/mol. The van der Waals surface area contributed by atoms with Crippen LogP contribution in [0.2, 0.25) is 0 Å². The summed E-state index contributed by atoms with van der Waals surface area (Å²) in [6, 6.07) is 9.13. The van der Waals surface area contributed by atoms with Crippen LogP contribution in [0.3, 0.4) is 0 Å². The highest BCUT2D eigenvalue weighted by Gasteiger charge is 2.25. The zero-order chi connectivity index (χ0) is 26.2. The number of piperidine rings is 1. The fourth-order valence-electron chi connectivity index (χ4n) is 4.26. The molecule has 1 saturated heterocycles. The number of azide groups is 1. The number of rotatable bonds is 9. The van der Waals surface area contributed by atoms with Crippen molar-refractivity contribution in [2.45, 2.75) is 26.1 Å². The smallest absolute Gasteiger partial charge is 0.307 e. The van der Waals surface area contributed by atoms with Crippen molar-refractivity contribution in [2.24, 2.45) is 16.9 Å². The second-order valence-electron chi connectivity index (χ2n) is 8.72. The van der Waals surface area contributed by atoms with Crippen molar-refractivity contribution in [3.05, 3.63) is 82.8 Å². The lowest BCUT2D eigenvalue weighted by atomic mass is 9.98. The van der Waals surface area contributed by atoms with Gasteiger partial charge in [0.25, 0.3) is 5.91 Å². The molecule has 12 nitrogen and oxygen atoms in total. The molecule has 4 rings (SSSR count). The molecule has 2 aromatic heterocycles. The molecule has 0 saturated carbocycles. The van der Waals surface area contributed by atoms with Crippen molar-refractivity contribution >= 4 is 23.6 Å². The molecule has 1 aliphatic rings. The molecule has 0 radical (unpaired) electrons. The van der Waals surface area contributed by atoms with E-state index in [-0.39, 0.29) is 12.6 Å². The number of aromatic nitrogens is 3. The second kappa shape index (κ2) is 12.0. The number of hydrogen-bond donors (Lipinski definition) is 2. The third-order valence-electron chi connectivity index (χ3n) is 6.19. The van der Waals surface area contributed by atoms with Crippen molar-refractivity contribution in [3.63, 3.8) is 0 Å². The summed E-state index contributed by atoms with van der Waals surface area (Å²) in [7, 11) is 0. The first-order valence-electron chi connectivity index (χ1n) is 11.7. The number of carboxylic acids is 1. The Morgan fingerprint density at radius 1 is 1.27 bits per heavy atom. The summed E-state index contributed by atoms with van der Waals surface area (Å²) < 4.78 is 1.51. The maximum Gasteiger partial charge on any atom is 0.307 e. The molecular weight excluding hydrogens is 474 g/mol. The zero-order valence-corrected chi connectivity index (χ0v) is 20.1. The van der Waals surface area contributed by atoms with Gasteiger partial charge in [0, 0.05) is 53.8 Å². The van der Waals surface area contributed by atoms with E-state index in [0.717, 1.165) is 34.7 Å². The van der Waals surface area contributed by atoms with Gasteiger partial charge in [0.15, 0.2) is 0 Å². The van der Waals surface area contributed by atoms with Gasteiger partial charge < -0.3 is 5.11 Å². The van der Waals surface area contributed by atoms with Crippen molar-refractivity contribution in [2.75, 3.05) is 18.1 Å². The van der Waals surface area contributed by atoms with E-state index >= 15 is 0 Å². The van der Waals surface area contributed by atoms with Gasteiger partial charge in [-0.3, -0.25) is 24.2 Å². The van der Waals surface area contributed by atoms with Gasteiger partial charge in [0.1, 0.15) is 6.67 Å². The molecule has 0 aliphatic carbocycles. The van der Waals surface area contributed by atoms with Crippen LogP contribution in [0.1, 0.15) is 24.0 Å². The third-order valence-corrected chi connectivity index (χ3v) is 6.19. The summed E-state index contributed by atoms with van der Waals surface area (Å²) in [5.74, 6) is 4.59. The van der Waals surface area contributed by atoms with Crippen molar-refractivity contribution in [3.8, 4) is 11.1 Å². The Labute approximate surface area is 213 Å². The molecule has 1 fully saturated rings. The van der Waals surface area contributed by atoms with Crippen molar-refractivity contribution < 1.29 is 14.7 Å². The lowest BCUT2D eigenvalue weighted by Crippen LogP contribution is -2.38. The molecule has 1 amide bonds. The lowest BCUT2D eigenvalue weighted by Gasteiger charge is -2.30. The summed E-state index contributed by atoms with van der Waals surface area (Å²) in [4.78, 5) is 33.1. The molecule has 3 heterocycles. The number of pyridine rings is 1. The van der Waals surface area contributed by atoms with Crippen LogP contribution in [0.25, 0.3) is 27.6 Å². The minimum Gasteiger partial charge on any atom is -0.481 e. The predicted molar refractivity (Wildman–Crippen MR) is 137 cm³/mol. The fourth-order valence-corrected chi connectivity index (χ4v) is 4.26. The molecule has 1 unspecified atom stereocenters. The number of carboxylic acid groups (broad SMARTS) is 1. The highest BCUT2D eigenvalue weighted by molar-refractivity contribution is 6.03. The summed E-state index contributed by atoms with van der Waals surface area (Å²) in [6.07, 6.45) is 11.2. The number of anilines is 1. The Morgan fingerprint density at radius 2 is 2.08 bits per heavy atom. The van der Waals surface area contributed by atoms with Crippen molar-refractivity contribution in [1.82, 2.24) is 19.7 Å². The monoisotopic (exact) mass is 501 g/mol. The molecule has 1 aromatic carbocycles. The number of carbonyl (C=O) groups excluding carboxylic acids is 1. The van der Waals surface area contributed by atoms with E-state index in [1.165, 1.54) is 10.8 Å². The number of aliphatic carboxylic acids is 1. The molecule has 12 heteroatoms. The van der Waals surface area contributed by atoms with Gasteiger partial charge in [-0.05, 0) is 60.3 Å². The maximum atomic E-state index is 12.8. The molecule has 37 heavy (non-hydrogen) atoms. The van der Waals surface area contributed by atoms with E-state index < -0.39 is 11.9 Å². The summed E-state index contributed by atoms with van der Waals surface area (Å²) in [5.41, 5.74) is 12.3. The summed E-state index contributed by atoms with van der Waals surface area (Å²) >= 11 is 0. The Balaban J connectivity index is 1.40. The molecule has 3 aromatic rings. The standard InChI is InChI=1S/C25H27N9O3/c26-31-29-17-33-16-21(13-30-33)23-9-10-28-12-19(23)5-8-24(35)34(27)22-6-3-18(4-7-22)14-32-11-1-2-20(15-32)25(36)37/h3-10,12-13,16,20H,1-2,11,14-15,17,27H2,(H,36,37)/b8-5+. The summed E-state index contributed by atoms with van der Waals surface area (Å²) in [5, 5.41) is 18.0. The highest BCUT2D eigenvalue weighted by Crippen LogP contribution is 2.24. The van der Waals surface area contributed by atoms with Crippen LogP contribution in [-0.4, -0.2) is 49.7 Å². The van der Waals surface area contributed by atoms with Gasteiger partial charge in [0.05, 0.1) is 17.8 Å². The Kier molecular flexibility index (Phi) is 8.26. The number of nitrogens with zero attached hydrogens (tertiary/aromatic N) is 8. The van der Waals surface area contributed by atoms with Gasteiger partial charge >= 0.3 is 5.97 Å². The largest absolute Gasteiger partial charge is 0.481 e. The van der Waals surface area contributed by atoms with Gasteiger partial charge in [-0.1, -0.05) is 17.2 Å². The number of amides is 1. The SMILES string of the molecule is [N-]=[N+]=NCn1cc(-c2ccncc2/C=C/C(=O)N(N)c2ccc(CN3CCCC(C(=O)O)C3)cc2)cn1. The lowest BCUT2D eigenvalue weighted by molar-refractivity contribution is -0.143. The molecular formula is C25H27N9O3. The minimum atomic E-state index is -0.746. The number of likely N-dealkylation sites (tertiary alicyclic amines) is 1. The van der Waals surface area contributed by atoms with E-state index in [0.29, 0.717) is 30.8 Å². The van der Waals surface area contributed by atoms with Crippen molar-refractivity contribution in [1.29, 1.82) is 0 Å². The van der Waals surface area contributed by atoms with E-state index in [9.17, 15) is 14.7 Å². The number of hydrazine groups is 1. The van der Waals surface area contributed by atoms with E-state index in [4.69, 9.17) is 11.4 Å². The molecule has 0 bridgehead atoms. The fraction of sp³-hybridized carbons (Fsp3) is 0.280. The third kappa shape index (κ3) is 6.58. The number of hydrogen-bond acceptors (Lipinski definition) is 7. The van der Waals surface area contributed by atoms with Crippen LogP contribution in [-0.2, 0) is 22.8 Å². The first-order chi connectivity index (χ1) is 17.9. The van der Waals surface area contributed by atoms with Gasteiger partial charge in [0.2, 0.25) is 0 Å². The quantitative estimate of drug-likeness (QED) is 0.0861. The predicted octanol–water partition coefficient (Wildman–Crippen LogP) is 3.43. The molecule has 1 aliphatic heterocycles. The second-order valence-corrected chi connectivity index (χ2v) is 8.72. The maximum absolute atomic E-state index is 12.8. The summed E-state index contributed by atoms with van der Waals surface area (Å²) in [6.45, 7) is 2.12. The van der Waals surface area contributed by atoms with E-state index in [2.05, 4.69) is 25.0 Å². The van der Waals surface area contributed by atoms with Crippen LogP contribution in [0.4, 0.5) is 5.69 Å². The molecule has 190 valence electrons. The van der Waals surface area contributed by atoms with Crippen LogP contribution in [0.15, 0.2) is 66.3 Å². The topological polar surface area (TPSA) is 166 Å². The molecule has 3 N–H and O–H groups in total. The Hall–Kier alpha value is -4.51. The number of carbonyl (C=O) groups is 2. The van der Waals surface area contributed by atoms with Crippen LogP contribution in [0.5, 0.6) is 0 Å². The average Bonchev–Trinajstić information content (AvgIpc) is 3.39. The normalized spacial score (nSPS) is 15.9. The van der Waals surface area contributed by atoms with E-state index in [1.54, 1.807) is 49.1 Å².